The highest BCUT2D eigenvalue weighted by atomic mass is 16.3. The van der Waals surface area contributed by atoms with Crippen LogP contribution in [0.1, 0.15) is 36.2 Å². The van der Waals surface area contributed by atoms with Crippen molar-refractivity contribution in [3.05, 3.63) is 35.3 Å². The molecule has 2 aromatic rings. The van der Waals surface area contributed by atoms with Crippen molar-refractivity contribution in [2.75, 3.05) is 29.9 Å². The molecule has 0 bridgehead atoms. The number of piperidine rings is 1. The van der Waals surface area contributed by atoms with Gasteiger partial charge in [0, 0.05) is 30.9 Å². The van der Waals surface area contributed by atoms with Gasteiger partial charge < -0.3 is 15.3 Å². The van der Waals surface area contributed by atoms with E-state index in [2.05, 4.69) is 26.4 Å². The Morgan fingerprint density at radius 2 is 1.96 bits per heavy atom. The molecular formula is C18H27N5O. The number of aliphatic hydroxyl groups is 1. The molecule has 0 radical (unpaired) electrons. The van der Waals surface area contributed by atoms with Gasteiger partial charge in [0.2, 0.25) is 0 Å². The van der Waals surface area contributed by atoms with Gasteiger partial charge in [-0.25, -0.2) is 4.98 Å². The predicted molar refractivity (Wildman–Crippen MR) is 96.4 cm³/mol. The summed E-state index contributed by atoms with van der Waals surface area (Å²) in [6.07, 6.45) is 5.85. The fourth-order valence-electron chi connectivity index (χ4n) is 3.31. The van der Waals surface area contributed by atoms with Gasteiger partial charge in [-0.1, -0.05) is 0 Å². The lowest BCUT2D eigenvalue weighted by atomic mass is 10.1. The summed E-state index contributed by atoms with van der Waals surface area (Å²) in [6, 6.07) is 4.20. The standard InChI is InChI=1S/C18H27N5O/c1-14-17(15(2)23(21-14)10-11-24)13-20-18-7-6-16(12-19-18)22-8-4-3-5-9-22/h6-7,12,24H,3-5,8-11,13H2,1-2H3,(H,19,20). The van der Waals surface area contributed by atoms with E-state index >= 15 is 0 Å². The highest BCUT2D eigenvalue weighted by Gasteiger charge is 2.13. The van der Waals surface area contributed by atoms with Crippen LogP contribution in [-0.2, 0) is 13.1 Å². The fourth-order valence-corrected chi connectivity index (χ4v) is 3.31. The molecule has 0 spiro atoms. The minimum atomic E-state index is 0.106. The summed E-state index contributed by atoms with van der Waals surface area (Å²) < 4.78 is 1.86. The van der Waals surface area contributed by atoms with Crippen molar-refractivity contribution in [1.82, 2.24) is 14.8 Å². The Kier molecular flexibility index (Phi) is 5.35. The van der Waals surface area contributed by atoms with Gasteiger partial charge in [-0.15, -0.1) is 0 Å². The molecule has 24 heavy (non-hydrogen) atoms. The third-order valence-electron chi connectivity index (χ3n) is 4.76. The summed E-state index contributed by atoms with van der Waals surface area (Å²) in [5, 5.41) is 17.0. The maximum Gasteiger partial charge on any atom is 0.126 e. The van der Waals surface area contributed by atoms with Crippen LogP contribution in [-0.4, -0.2) is 39.6 Å². The van der Waals surface area contributed by atoms with Crippen LogP contribution < -0.4 is 10.2 Å². The Morgan fingerprint density at radius 3 is 2.62 bits per heavy atom. The van der Waals surface area contributed by atoms with Crippen molar-refractivity contribution in [2.45, 2.75) is 46.2 Å². The topological polar surface area (TPSA) is 66.2 Å². The summed E-state index contributed by atoms with van der Waals surface area (Å²) in [7, 11) is 0. The predicted octanol–water partition coefficient (Wildman–Crippen LogP) is 2.49. The molecule has 1 aliphatic heterocycles. The number of anilines is 2. The monoisotopic (exact) mass is 329 g/mol. The Bertz CT molecular complexity index is 659. The van der Waals surface area contributed by atoms with E-state index < -0.39 is 0 Å². The van der Waals surface area contributed by atoms with E-state index in [1.165, 1.54) is 30.5 Å². The number of hydrogen-bond acceptors (Lipinski definition) is 5. The number of pyridine rings is 1. The molecule has 1 aliphatic rings. The minimum Gasteiger partial charge on any atom is -0.394 e. The van der Waals surface area contributed by atoms with Crippen molar-refractivity contribution in [2.24, 2.45) is 0 Å². The van der Waals surface area contributed by atoms with Crippen molar-refractivity contribution in [3.8, 4) is 0 Å². The van der Waals surface area contributed by atoms with Crippen LogP contribution in [0.25, 0.3) is 0 Å². The van der Waals surface area contributed by atoms with E-state index in [1.807, 2.05) is 30.8 Å². The Balaban J connectivity index is 1.62. The quantitative estimate of drug-likeness (QED) is 0.852. The third kappa shape index (κ3) is 3.70. The molecule has 0 aromatic carbocycles. The van der Waals surface area contributed by atoms with Gasteiger partial charge in [-0.2, -0.15) is 5.10 Å². The second-order valence-corrected chi connectivity index (χ2v) is 6.40. The zero-order chi connectivity index (χ0) is 16.9. The average molecular weight is 329 g/mol. The molecule has 0 aliphatic carbocycles. The van der Waals surface area contributed by atoms with E-state index in [4.69, 9.17) is 5.11 Å². The summed E-state index contributed by atoms with van der Waals surface area (Å²) >= 11 is 0. The van der Waals surface area contributed by atoms with E-state index in [9.17, 15) is 0 Å². The highest BCUT2D eigenvalue weighted by Crippen LogP contribution is 2.21. The molecule has 2 N–H and O–H groups in total. The van der Waals surface area contributed by atoms with Crippen molar-refractivity contribution < 1.29 is 5.11 Å². The number of aliphatic hydroxyl groups excluding tert-OH is 1. The first kappa shape index (κ1) is 16.8. The zero-order valence-corrected chi connectivity index (χ0v) is 14.6. The third-order valence-corrected chi connectivity index (χ3v) is 4.76. The molecule has 0 saturated carbocycles. The van der Waals surface area contributed by atoms with Crippen LogP contribution in [0.3, 0.4) is 0 Å². The molecular weight excluding hydrogens is 302 g/mol. The van der Waals surface area contributed by atoms with Crippen molar-refractivity contribution in [1.29, 1.82) is 0 Å². The van der Waals surface area contributed by atoms with Crippen molar-refractivity contribution in [3.63, 3.8) is 0 Å². The molecule has 1 fully saturated rings. The van der Waals surface area contributed by atoms with Gasteiger partial charge in [0.05, 0.1) is 30.7 Å². The Hall–Kier alpha value is -2.08. The molecule has 2 aromatic heterocycles. The van der Waals surface area contributed by atoms with E-state index in [0.29, 0.717) is 13.1 Å². The molecule has 6 nitrogen and oxygen atoms in total. The first-order valence-corrected chi connectivity index (χ1v) is 8.77. The lowest BCUT2D eigenvalue weighted by Gasteiger charge is -2.28. The highest BCUT2D eigenvalue weighted by molar-refractivity contribution is 5.50. The van der Waals surface area contributed by atoms with Crippen LogP contribution in [0, 0.1) is 13.8 Å². The van der Waals surface area contributed by atoms with Gasteiger partial charge in [0.25, 0.3) is 0 Å². The fraction of sp³-hybridized carbons (Fsp3) is 0.556. The minimum absolute atomic E-state index is 0.106. The number of aromatic nitrogens is 3. The van der Waals surface area contributed by atoms with Crippen molar-refractivity contribution >= 4 is 11.5 Å². The summed E-state index contributed by atoms with van der Waals surface area (Å²) in [4.78, 5) is 6.96. The normalized spacial score (nSPS) is 14.9. The van der Waals surface area contributed by atoms with Gasteiger partial charge in [0.1, 0.15) is 5.82 Å². The number of rotatable bonds is 6. The summed E-state index contributed by atoms with van der Waals surface area (Å²) in [6.45, 7) is 7.65. The Morgan fingerprint density at radius 1 is 1.17 bits per heavy atom. The molecule has 1 saturated heterocycles. The van der Waals surface area contributed by atoms with E-state index in [-0.39, 0.29) is 6.61 Å². The smallest absolute Gasteiger partial charge is 0.126 e. The maximum atomic E-state index is 9.10. The van der Waals surface area contributed by atoms with Gasteiger partial charge in [-0.3, -0.25) is 4.68 Å². The van der Waals surface area contributed by atoms with Crippen LogP contribution in [0.4, 0.5) is 11.5 Å². The average Bonchev–Trinajstić information content (AvgIpc) is 2.88. The number of nitrogens with zero attached hydrogens (tertiary/aromatic N) is 4. The van der Waals surface area contributed by atoms with Gasteiger partial charge in [-0.05, 0) is 45.2 Å². The molecule has 6 heteroatoms. The molecule has 0 atom stereocenters. The molecule has 130 valence electrons. The second-order valence-electron chi connectivity index (χ2n) is 6.40. The number of aryl methyl sites for hydroxylation is 1. The first-order valence-electron chi connectivity index (χ1n) is 8.77. The van der Waals surface area contributed by atoms with Gasteiger partial charge >= 0.3 is 0 Å². The lowest BCUT2D eigenvalue weighted by molar-refractivity contribution is 0.268. The van der Waals surface area contributed by atoms with E-state index in [0.717, 1.165) is 30.3 Å². The SMILES string of the molecule is Cc1nn(CCO)c(C)c1CNc1ccc(N2CCCCC2)cn1. The molecule has 3 rings (SSSR count). The lowest BCUT2D eigenvalue weighted by Crippen LogP contribution is -2.29. The number of hydrogen-bond donors (Lipinski definition) is 2. The first-order chi connectivity index (χ1) is 11.7. The molecule has 3 heterocycles. The number of nitrogens with one attached hydrogen (secondary N) is 1. The summed E-state index contributed by atoms with van der Waals surface area (Å²) in [5.74, 6) is 0.879. The second kappa shape index (κ2) is 7.66. The van der Waals surface area contributed by atoms with E-state index in [1.54, 1.807) is 0 Å². The maximum absolute atomic E-state index is 9.10. The van der Waals surface area contributed by atoms with Crippen LogP contribution in [0.5, 0.6) is 0 Å². The van der Waals surface area contributed by atoms with Crippen LogP contribution in [0.2, 0.25) is 0 Å². The molecule has 0 amide bonds. The van der Waals surface area contributed by atoms with Crippen LogP contribution >= 0.6 is 0 Å². The molecule has 0 unspecified atom stereocenters. The summed E-state index contributed by atoms with van der Waals surface area (Å²) in [5.41, 5.74) is 4.48. The largest absolute Gasteiger partial charge is 0.394 e. The van der Waals surface area contributed by atoms with Gasteiger partial charge in [0.15, 0.2) is 0 Å². The van der Waals surface area contributed by atoms with Crippen LogP contribution in [0.15, 0.2) is 18.3 Å². The zero-order valence-electron chi connectivity index (χ0n) is 14.6. The Labute approximate surface area is 143 Å².